The van der Waals surface area contributed by atoms with Gasteiger partial charge in [0.15, 0.2) is 5.82 Å². The number of hydrogen-bond donors (Lipinski definition) is 2. The van der Waals surface area contributed by atoms with Gasteiger partial charge in [0.25, 0.3) is 0 Å². The van der Waals surface area contributed by atoms with Gasteiger partial charge in [0.1, 0.15) is 5.82 Å². The summed E-state index contributed by atoms with van der Waals surface area (Å²) in [6, 6.07) is 4.06. The molecule has 0 radical (unpaired) electrons. The Kier molecular flexibility index (Phi) is 4.99. The van der Waals surface area contributed by atoms with Crippen molar-refractivity contribution in [2.24, 2.45) is 0 Å². The summed E-state index contributed by atoms with van der Waals surface area (Å²) in [5.74, 6) is 1.07. The van der Waals surface area contributed by atoms with Crippen molar-refractivity contribution >= 4 is 11.6 Å². The molecule has 3 rings (SSSR count). The predicted molar refractivity (Wildman–Crippen MR) is 90.0 cm³/mol. The lowest BCUT2D eigenvalue weighted by molar-refractivity contribution is -0.137. The summed E-state index contributed by atoms with van der Waals surface area (Å²) < 4.78 is 40.5. The highest BCUT2D eigenvalue weighted by molar-refractivity contribution is 5.53. The highest BCUT2D eigenvalue weighted by Crippen LogP contribution is 2.32. The quantitative estimate of drug-likeness (QED) is 0.869. The second-order valence-corrected chi connectivity index (χ2v) is 6.57. The standard InChI is InChI=1S/C17H22F3N5/c1-11(2)25-14(12-3-6-21-7-4-12)10-16(24-25)23-15-9-13(5-8-22-15)17(18,19)20/h5,8-12,21H,3-4,6-7H2,1-2H3,(H,22,23,24). The molecule has 0 spiro atoms. The predicted octanol–water partition coefficient (Wildman–Crippen LogP) is 4.09. The molecular weight excluding hydrogens is 331 g/mol. The van der Waals surface area contributed by atoms with E-state index in [1.165, 1.54) is 0 Å². The normalized spacial score (nSPS) is 16.4. The van der Waals surface area contributed by atoms with E-state index in [9.17, 15) is 13.2 Å². The Morgan fingerprint density at radius 3 is 2.56 bits per heavy atom. The zero-order valence-corrected chi connectivity index (χ0v) is 14.3. The van der Waals surface area contributed by atoms with Crippen molar-refractivity contribution in [3.8, 4) is 0 Å². The van der Waals surface area contributed by atoms with Gasteiger partial charge in [-0.2, -0.15) is 18.3 Å². The number of aromatic nitrogens is 3. The molecule has 8 heteroatoms. The molecular formula is C17H22F3N5. The number of anilines is 2. The van der Waals surface area contributed by atoms with Crippen molar-refractivity contribution in [3.05, 3.63) is 35.7 Å². The van der Waals surface area contributed by atoms with Crippen molar-refractivity contribution in [3.63, 3.8) is 0 Å². The fourth-order valence-corrected chi connectivity index (χ4v) is 3.11. The van der Waals surface area contributed by atoms with Crippen LogP contribution >= 0.6 is 0 Å². The van der Waals surface area contributed by atoms with E-state index in [2.05, 4.69) is 20.7 Å². The van der Waals surface area contributed by atoms with Crippen LogP contribution in [0.5, 0.6) is 0 Å². The third-order valence-electron chi connectivity index (χ3n) is 4.35. The van der Waals surface area contributed by atoms with Crippen LogP contribution < -0.4 is 10.6 Å². The average molecular weight is 353 g/mol. The molecule has 2 aromatic heterocycles. The van der Waals surface area contributed by atoms with Crippen LogP contribution in [-0.4, -0.2) is 27.9 Å². The van der Waals surface area contributed by atoms with E-state index in [-0.39, 0.29) is 11.9 Å². The minimum absolute atomic E-state index is 0.139. The summed E-state index contributed by atoms with van der Waals surface area (Å²) in [6.45, 7) is 6.02. The Morgan fingerprint density at radius 2 is 1.92 bits per heavy atom. The Labute approximate surface area is 144 Å². The van der Waals surface area contributed by atoms with E-state index in [0.717, 1.165) is 50.0 Å². The molecule has 25 heavy (non-hydrogen) atoms. The molecule has 0 aliphatic carbocycles. The molecule has 1 aliphatic rings. The summed E-state index contributed by atoms with van der Waals surface area (Å²) in [6.07, 6.45) is -1.19. The Hall–Kier alpha value is -2.09. The number of hydrogen-bond acceptors (Lipinski definition) is 4. The summed E-state index contributed by atoms with van der Waals surface area (Å²) in [7, 11) is 0. The van der Waals surface area contributed by atoms with E-state index < -0.39 is 11.7 Å². The maximum absolute atomic E-state index is 12.8. The minimum Gasteiger partial charge on any atom is -0.323 e. The van der Waals surface area contributed by atoms with Crippen molar-refractivity contribution in [1.82, 2.24) is 20.1 Å². The first-order valence-electron chi connectivity index (χ1n) is 8.45. The van der Waals surface area contributed by atoms with Crippen LogP contribution in [0.4, 0.5) is 24.8 Å². The van der Waals surface area contributed by atoms with Gasteiger partial charge in [-0.05, 0) is 51.9 Å². The first kappa shape index (κ1) is 17.7. The van der Waals surface area contributed by atoms with E-state index in [1.807, 2.05) is 24.6 Å². The molecule has 0 amide bonds. The molecule has 1 aliphatic heterocycles. The first-order valence-corrected chi connectivity index (χ1v) is 8.45. The monoisotopic (exact) mass is 353 g/mol. The van der Waals surface area contributed by atoms with Crippen molar-refractivity contribution < 1.29 is 13.2 Å². The number of halogens is 3. The molecule has 1 fully saturated rings. The molecule has 3 heterocycles. The van der Waals surface area contributed by atoms with E-state index in [4.69, 9.17) is 0 Å². The van der Waals surface area contributed by atoms with Crippen molar-refractivity contribution in [2.45, 2.75) is 44.8 Å². The minimum atomic E-state index is -4.39. The Morgan fingerprint density at radius 1 is 1.20 bits per heavy atom. The topological polar surface area (TPSA) is 54.8 Å². The van der Waals surface area contributed by atoms with Crippen LogP contribution in [0.3, 0.4) is 0 Å². The molecule has 0 aromatic carbocycles. The number of nitrogens with one attached hydrogen (secondary N) is 2. The summed E-state index contributed by atoms with van der Waals surface area (Å²) in [5, 5.41) is 10.8. The van der Waals surface area contributed by atoms with E-state index >= 15 is 0 Å². The molecule has 136 valence electrons. The van der Waals surface area contributed by atoms with Crippen LogP contribution in [0.25, 0.3) is 0 Å². The van der Waals surface area contributed by atoms with Crippen LogP contribution in [-0.2, 0) is 6.18 Å². The van der Waals surface area contributed by atoms with Gasteiger partial charge in [0.2, 0.25) is 0 Å². The van der Waals surface area contributed by atoms with Gasteiger partial charge >= 0.3 is 6.18 Å². The van der Waals surface area contributed by atoms with Gasteiger partial charge in [-0.3, -0.25) is 4.68 Å². The molecule has 0 saturated carbocycles. The lowest BCUT2D eigenvalue weighted by atomic mass is 9.94. The fourth-order valence-electron chi connectivity index (χ4n) is 3.11. The second kappa shape index (κ2) is 7.03. The van der Waals surface area contributed by atoms with E-state index in [1.54, 1.807) is 0 Å². The number of pyridine rings is 1. The Bertz CT molecular complexity index is 717. The molecule has 0 unspecified atom stereocenters. The van der Waals surface area contributed by atoms with Crippen LogP contribution in [0.1, 0.15) is 49.9 Å². The highest BCUT2D eigenvalue weighted by Gasteiger charge is 2.31. The van der Waals surface area contributed by atoms with Crippen LogP contribution in [0.2, 0.25) is 0 Å². The van der Waals surface area contributed by atoms with Crippen LogP contribution in [0, 0.1) is 0 Å². The molecule has 5 nitrogen and oxygen atoms in total. The molecule has 0 bridgehead atoms. The molecule has 1 saturated heterocycles. The van der Waals surface area contributed by atoms with Gasteiger partial charge in [-0.1, -0.05) is 0 Å². The second-order valence-electron chi connectivity index (χ2n) is 6.57. The number of nitrogens with zero attached hydrogens (tertiary/aromatic N) is 3. The zero-order valence-electron chi connectivity index (χ0n) is 14.3. The zero-order chi connectivity index (χ0) is 18.0. The lowest BCUT2D eigenvalue weighted by Crippen LogP contribution is -2.28. The van der Waals surface area contributed by atoms with Crippen LogP contribution in [0.15, 0.2) is 24.4 Å². The number of piperidine rings is 1. The number of rotatable bonds is 4. The van der Waals surface area contributed by atoms with Gasteiger partial charge in [0.05, 0.1) is 5.56 Å². The number of alkyl halides is 3. The molecule has 0 atom stereocenters. The largest absolute Gasteiger partial charge is 0.416 e. The third kappa shape index (κ3) is 4.12. The lowest BCUT2D eigenvalue weighted by Gasteiger charge is -2.24. The van der Waals surface area contributed by atoms with Crippen molar-refractivity contribution in [2.75, 3.05) is 18.4 Å². The van der Waals surface area contributed by atoms with Gasteiger partial charge in [-0.25, -0.2) is 4.98 Å². The maximum atomic E-state index is 12.8. The van der Waals surface area contributed by atoms with E-state index in [0.29, 0.717) is 11.7 Å². The summed E-state index contributed by atoms with van der Waals surface area (Å²) in [4.78, 5) is 3.97. The maximum Gasteiger partial charge on any atom is 0.416 e. The fraction of sp³-hybridized carbons (Fsp3) is 0.529. The van der Waals surface area contributed by atoms with Gasteiger partial charge in [-0.15, -0.1) is 0 Å². The smallest absolute Gasteiger partial charge is 0.323 e. The SMILES string of the molecule is CC(C)n1nc(Nc2cc(C(F)(F)F)ccn2)cc1C1CCNCC1. The first-order chi connectivity index (χ1) is 11.8. The summed E-state index contributed by atoms with van der Waals surface area (Å²) in [5.41, 5.74) is 0.387. The average Bonchev–Trinajstić information content (AvgIpc) is 2.99. The van der Waals surface area contributed by atoms with Gasteiger partial charge in [0, 0.05) is 29.9 Å². The molecule has 2 N–H and O–H groups in total. The Balaban J connectivity index is 1.85. The van der Waals surface area contributed by atoms with Crippen molar-refractivity contribution in [1.29, 1.82) is 0 Å². The molecule has 2 aromatic rings. The third-order valence-corrected chi connectivity index (χ3v) is 4.35. The van der Waals surface area contributed by atoms with Gasteiger partial charge < -0.3 is 10.6 Å². The highest BCUT2D eigenvalue weighted by atomic mass is 19.4. The summed E-state index contributed by atoms with van der Waals surface area (Å²) >= 11 is 0.